The van der Waals surface area contributed by atoms with Crippen molar-refractivity contribution in [2.45, 2.75) is 51.7 Å². The number of hydrogen-bond donors (Lipinski definition) is 2. The third-order valence-electron chi connectivity index (χ3n) is 4.80. The van der Waals surface area contributed by atoms with E-state index in [9.17, 15) is 4.79 Å². The van der Waals surface area contributed by atoms with Gasteiger partial charge in [0, 0.05) is 12.6 Å². The first-order valence-corrected chi connectivity index (χ1v) is 8.30. The van der Waals surface area contributed by atoms with Gasteiger partial charge >= 0.3 is 0 Å². The highest BCUT2D eigenvalue weighted by molar-refractivity contribution is 5.85. The number of benzene rings is 1. The van der Waals surface area contributed by atoms with Crippen molar-refractivity contribution in [2.75, 3.05) is 20.1 Å². The summed E-state index contributed by atoms with van der Waals surface area (Å²) >= 11 is 0. The van der Waals surface area contributed by atoms with Gasteiger partial charge in [0.15, 0.2) is 0 Å². The lowest BCUT2D eigenvalue weighted by atomic mass is 10.0. The highest BCUT2D eigenvalue weighted by atomic mass is 35.5. The number of likely N-dealkylation sites (tertiary alicyclic amines) is 1. The first-order valence-electron chi connectivity index (χ1n) is 8.30. The Balaban J connectivity index is 0.00000264. The number of likely N-dealkylation sites (N-methyl/N-ethyl adjacent to an activating group) is 1. The molecule has 2 rings (SSSR count). The van der Waals surface area contributed by atoms with Crippen LogP contribution in [0.3, 0.4) is 0 Å². The fourth-order valence-electron chi connectivity index (χ4n) is 3.24. The Labute approximate surface area is 146 Å². The molecule has 5 heteroatoms. The number of carbonyl (C=O) groups is 1. The Bertz CT molecular complexity index is 509. The van der Waals surface area contributed by atoms with Crippen molar-refractivity contribution in [1.82, 2.24) is 15.5 Å². The second-order valence-electron chi connectivity index (χ2n) is 6.39. The van der Waals surface area contributed by atoms with E-state index in [-0.39, 0.29) is 30.4 Å². The number of rotatable bonds is 5. The van der Waals surface area contributed by atoms with Crippen LogP contribution in [-0.4, -0.2) is 43.0 Å². The zero-order valence-corrected chi connectivity index (χ0v) is 15.5. The zero-order valence-electron chi connectivity index (χ0n) is 14.6. The first kappa shape index (κ1) is 19.9. The maximum atomic E-state index is 12.6. The minimum Gasteiger partial charge on any atom is -0.348 e. The molecule has 130 valence electrons. The van der Waals surface area contributed by atoms with Crippen LogP contribution in [0.15, 0.2) is 24.3 Å². The van der Waals surface area contributed by atoms with Crippen LogP contribution in [0.4, 0.5) is 0 Å². The summed E-state index contributed by atoms with van der Waals surface area (Å²) < 4.78 is 0. The maximum Gasteiger partial charge on any atom is 0.237 e. The van der Waals surface area contributed by atoms with Gasteiger partial charge in [0.25, 0.3) is 0 Å². The highest BCUT2D eigenvalue weighted by Gasteiger charge is 2.27. The molecule has 1 aliphatic rings. The maximum absolute atomic E-state index is 12.6. The number of hydrogen-bond acceptors (Lipinski definition) is 3. The first-order chi connectivity index (χ1) is 10.5. The van der Waals surface area contributed by atoms with Crippen LogP contribution in [0.25, 0.3) is 0 Å². The smallest absolute Gasteiger partial charge is 0.237 e. The molecule has 0 spiro atoms. The summed E-state index contributed by atoms with van der Waals surface area (Å²) in [6.45, 7) is 8.11. The molecule has 0 aromatic heterocycles. The third kappa shape index (κ3) is 5.20. The largest absolute Gasteiger partial charge is 0.348 e. The molecule has 1 aromatic carbocycles. The standard InChI is InChI=1S/C18H29N3O.ClH/c1-13-8-5-6-10-17(13)14(2)20-18(22)15(3)21-11-7-9-16(12-21)19-4;/h5-6,8,10,14-16,19H,7,9,11-12H2,1-4H3,(H,20,22);1H. The van der Waals surface area contributed by atoms with Crippen LogP contribution in [0.2, 0.25) is 0 Å². The number of amides is 1. The van der Waals surface area contributed by atoms with Crippen molar-refractivity contribution in [3.8, 4) is 0 Å². The van der Waals surface area contributed by atoms with Gasteiger partial charge in [-0.1, -0.05) is 24.3 Å². The molecule has 1 aliphatic heterocycles. The van der Waals surface area contributed by atoms with Crippen LogP contribution in [-0.2, 0) is 4.79 Å². The van der Waals surface area contributed by atoms with E-state index in [4.69, 9.17) is 0 Å². The van der Waals surface area contributed by atoms with Crippen LogP contribution >= 0.6 is 12.4 Å². The van der Waals surface area contributed by atoms with E-state index >= 15 is 0 Å². The lowest BCUT2D eigenvalue weighted by molar-refractivity contribution is -0.127. The number of aryl methyl sites for hydroxylation is 1. The molecule has 4 nitrogen and oxygen atoms in total. The van der Waals surface area contributed by atoms with Gasteiger partial charge < -0.3 is 10.6 Å². The Kier molecular flexibility index (Phi) is 8.03. The van der Waals surface area contributed by atoms with Crippen LogP contribution in [0, 0.1) is 6.92 Å². The summed E-state index contributed by atoms with van der Waals surface area (Å²) in [5, 5.41) is 6.49. The van der Waals surface area contributed by atoms with E-state index < -0.39 is 0 Å². The number of halogens is 1. The number of nitrogens with zero attached hydrogens (tertiary/aromatic N) is 1. The summed E-state index contributed by atoms with van der Waals surface area (Å²) in [4.78, 5) is 14.8. The van der Waals surface area contributed by atoms with Gasteiger partial charge in [0.2, 0.25) is 5.91 Å². The van der Waals surface area contributed by atoms with Gasteiger partial charge in [-0.15, -0.1) is 12.4 Å². The lowest BCUT2D eigenvalue weighted by Crippen LogP contribution is -2.53. The summed E-state index contributed by atoms with van der Waals surface area (Å²) in [6.07, 6.45) is 2.34. The quantitative estimate of drug-likeness (QED) is 0.866. The minimum absolute atomic E-state index is 0. The predicted octanol–water partition coefficient (Wildman–Crippen LogP) is 2.67. The summed E-state index contributed by atoms with van der Waals surface area (Å²) in [7, 11) is 2.00. The van der Waals surface area contributed by atoms with Crippen molar-refractivity contribution < 1.29 is 4.79 Å². The van der Waals surface area contributed by atoms with Gasteiger partial charge in [-0.05, 0) is 58.3 Å². The van der Waals surface area contributed by atoms with Crippen molar-refractivity contribution in [3.05, 3.63) is 35.4 Å². The zero-order chi connectivity index (χ0) is 16.1. The summed E-state index contributed by atoms with van der Waals surface area (Å²) in [5.74, 6) is 0.118. The second kappa shape index (κ2) is 9.26. The molecular weight excluding hydrogens is 310 g/mol. The van der Waals surface area contributed by atoms with Crippen molar-refractivity contribution in [3.63, 3.8) is 0 Å². The Morgan fingerprint density at radius 1 is 1.30 bits per heavy atom. The van der Waals surface area contributed by atoms with Gasteiger partial charge in [-0.2, -0.15) is 0 Å². The predicted molar refractivity (Wildman–Crippen MR) is 98.1 cm³/mol. The SMILES string of the molecule is CNC1CCCN(C(C)C(=O)NC(C)c2ccccc2C)C1.Cl. The Hall–Kier alpha value is -1.10. The van der Waals surface area contributed by atoms with E-state index in [1.807, 2.05) is 26.1 Å². The van der Waals surface area contributed by atoms with Gasteiger partial charge in [0.05, 0.1) is 12.1 Å². The molecule has 3 atom stereocenters. The van der Waals surface area contributed by atoms with E-state index in [0.717, 1.165) is 19.5 Å². The van der Waals surface area contributed by atoms with Crippen molar-refractivity contribution in [2.24, 2.45) is 0 Å². The summed E-state index contributed by atoms with van der Waals surface area (Å²) in [6, 6.07) is 8.69. The number of nitrogens with one attached hydrogen (secondary N) is 2. The summed E-state index contributed by atoms with van der Waals surface area (Å²) in [5.41, 5.74) is 2.41. The minimum atomic E-state index is -0.0809. The van der Waals surface area contributed by atoms with Crippen LogP contribution in [0.5, 0.6) is 0 Å². The Morgan fingerprint density at radius 2 is 2.00 bits per heavy atom. The average Bonchev–Trinajstić information content (AvgIpc) is 2.54. The van der Waals surface area contributed by atoms with Gasteiger partial charge in [0.1, 0.15) is 0 Å². The fourth-order valence-corrected chi connectivity index (χ4v) is 3.24. The molecule has 3 unspecified atom stereocenters. The van der Waals surface area contributed by atoms with Crippen LogP contribution < -0.4 is 10.6 Å². The molecule has 1 heterocycles. The molecule has 1 amide bonds. The van der Waals surface area contributed by atoms with E-state index in [0.29, 0.717) is 6.04 Å². The van der Waals surface area contributed by atoms with Crippen molar-refractivity contribution >= 4 is 18.3 Å². The topological polar surface area (TPSA) is 44.4 Å². The van der Waals surface area contributed by atoms with E-state index in [2.05, 4.69) is 41.5 Å². The fraction of sp³-hybridized carbons (Fsp3) is 0.611. The molecule has 23 heavy (non-hydrogen) atoms. The second-order valence-corrected chi connectivity index (χ2v) is 6.39. The normalized spacial score (nSPS) is 21.1. The molecule has 0 bridgehead atoms. The highest BCUT2D eigenvalue weighted by Crippen LogP contribution is 2.18. The number of carbonyl (C=O) groups excluding carboxylic acids is 1. The molecule has 2 N–H and O–H groups in total. The Morgan fingerprint density at radius 3 is 2.65 bits per heavy atom. The van der Waals surface area contributed by atoms with Crippen LogP contribution in [0.1, 0.15) is 43.9 Å². The van der Waals surface area contributed by atoms with Gasteiger partial charge in [-0.3, -0.25) is 9.69 Å². The van der Waals surface area contributed by atoms with Crippen molar-refractivity contribution in [1.29, 1.82) is 0 Å². The van der Waals surface area contributed by atoms with E-state index in [1.54, 1.807) is 0 Å². The third-order valence-corrected chi connectivity index (χ3v) is 4.80. The molecule has 0 aliphatic carbocycles. The van der Waals surface area contributed by atoms with Gasteiger partial charge in [-0.25, -0.2) is 0 Å². The molecule has 0 radical (unpaired) electrons. The average molecular weight is 340 g/mol. The lowest BCUT2D eigenvalue weighted by Gasteiger charge is -2.36. The molecular formula is C18H30ClN3O. The van der Waals surface area contributed by atoms with E-state index in [1.165, 1.54) is 17.5 Å². The molecule has 0 saturated carbocycles. The molecule has 1 saturated heterocycles. The molecule has 1 fully saturated rings. The molecule has 1 aromatic rings. The number of piperidine rings is 1. The monoisotopic (exact) mass is 339 g/mol.